The number of methoxy groups -OCH3 is 1. The largest absolute Gasteiger partial charge is 0.497 e. The third-order valence-corrected chi connectivity index (χ3v) is 4.87. The summed E-state index contributed by atoms with van der Waals surface area (Å²) in [5, 5.41) is 14.5. The standard InChI is InChI=1S/C16H13N3O6S/c1-24-13-7-5-11(6-8-13)15-10-17-25-16(15)18-26(22,23)14-4-2-3-12(9-14)19(20)21/h2-10,18H,1H3. The lowest BCUT2D eigenvalue weighted by Gasteiger charge is -2.07. The molecular formula is C16H13N3O6S. The van der Waals surface area contributed by atoms with Gasteiger partial charge in [-0.05, 0) is 23.8 Å². The van der Waals surface area contributed by atoms with E-state index in [1.165, 1.54) is 31.5 Å². The Kier molecular flexibility index (Phi) is 4.59. The first-order valence-corrected chi connectivity index (χ1v) is 8.75. The zero-order chi connectivity index (χ0) is 18.7. The zero-order valence-corrected chi connectivity index (χ0v) is 14.3. The van der Waals surface area contributed by atoms with Gasteiger partial charge in [-0.2, -0.15) is 0 Å². The van der Waals surface area contributed by atoms with Crippen LogP contribution in [0, 0.1) is 10.1 Å². The van der Waals surface area contributed by atoms with Crippen molar-refractivity contribution in [2.75, 3.05) is 11.8 Å². The first kappa shape index (κ1) is 17.4. The van der Waals surface area contributed by atoms with E-state index in [0.29, 0.717) is 16.9 Å². The van der Waals surface area contributed by atoms with Crippen LogP contribution in [0.5, 0.6) is 5.75 Å². The van der Waals surface area contributed by atoms with Crippen LogP contribution >= 0.6 is 0 Å². The maximum Gasteiger partial charge on any atom is 0.270 e. The number of nitrogens with zero attached hydrogens (tertiary/aromatic N) is 2. The van der Waals surface area contributed by atoms with Crippen molar-refractivity contribution in [3.05, 3.63) is 64.8 Å². The summed E-state index contributed by atoms with van der Waals surface area (Å²) < 4.78 is 37.4. The zero-order valence-electron chi connectivity index (χ0n) is 13.4. The van der Waals surface area contributed by atoms with E-state index in [0.717, 1.165) is 6.07 Å². The Balaban J connectivity index is 1.93. The van der Waals surface area contributed by atoms with E-state index in [9.17, 15) is 18.5 Å². The van der Waals surface area contributed by atoms with Gasteiger partial charge in [0.1, 0.15) is 5.75 Å². The minimum atomic E-state index is -4.10. The van der Waals surface area contributed by atoms with Gasteiger partial charge < -0.3 is 9.26 Å². The topological polar surface area (TPSA) is 125 Å². The van der Waals surface area contributed by atoms with Crippen molar-refractivity contribution in [3.63, 3.8) is 0 Å². The number of nitro benzene ring substituents is 1. The Bertz CT molecular complexity index is 1040. The number of ether oxygens (including phenoxy) is 1. The number of non-ortho nitro benzene ring substituents is 1. The van der Waals surface area contributed by atoms with Crippen molar-refractivity contribution in [1.29, 1.82) is 0 Å². The molecule has 0 aliphatic heterocycles. The summed E-state index contributed by atoms with van der Waals surface area (Å²) in [7, 11) is -2.56. The van der Waals surface area contributed by atoms with Crippen LogP contribution in [0.2, 0.25) is 0 Å². The Morgan fingerprint density at radius 3 is 2.58 bits per heavy atom. The van der Waals surface area contributed by atoms with Crippen molar-refractivity contribution in [3.8, 4) is 16.9 Å². The summed E-state index contributed by atoms with van der Waals surface area (Å²) in [5.74, 6) is 0.547. The monoisotopic (exact) mass is 375 g/mol. The smallest absolute Gasteiger partial charge is 0.270 e. The number of aromatic nitrogens is 1. The molecule has 0 saturated heterocycles. The van der Waals surface area contributed by atoms with E-state index in [-0.39, 0.29) is 16.5 Å². The maximum absolute atomic E-state index is 12.5. The fourth-order valence-corrected chi connectivity index (χ4v) is 3.28. The lowest BCUT2D eigenvalue weighted by molar-refractivity contribution is -0.385. The van der Waals surface area contributed by atoms with Crippen molar-refractivity contribution in [1.82, 2.24) is 5.16 Å². The number of nitrogens with one attached hydrogen (secondary N) is 1. The second kappa shape index (κ2) is 6.84. The van der Waals surface area contributed by atoms with E-state index in [2.05, 4.69) is 9.88 Å². The number of benzene rings is 2. The molecule has 0 spiro atoms. The van der Waals surface area contributed by atoms with Crippen molar-refractivity contribution in [2.24, 2.45) is 0 Å². The van der Waals surface area contributed by atoms with Gasteiger partial charge >= 0.3 is 0 Å². The van der Waals surface area contributed by atoms with Crippen LogP contribution in [-0.4, -0.2) is 25.6 Å². The van der Waals surface area contributed by atoms with Gasteiger partial charge in [0.25, 0.3) is 15.7 Å². The molecule has 0 bridgehead atoms. The predicted octanol–water partition coefficient (Wildman–Crippen LogP) is 3.06. The highest BCUT2D eigenvalue weighted by atomic mass is 32.2. The maximum atomic E-state index is 12.5. The molecule has 10 heteroatoms. The third-order valence-electron chi connectivity index (χ3n) is 3.54. The van der Waals surface area contributed by atoms with Crippen LogP contribution in [-0.2, 0) is 10.0 Å². The van der Waals surface area contributed by atoms with E-state index < -0.39 is 14.9 Å². The fourth-order valence-electron chi connectivity index (χ4n) is 2.23. The van der Waals surface area contributed by atoms with Crippen LogP contribution in [0.4, 0.5) is 11.6 Å². The fraction of sp³-hybridized carbons (Fsp3) is 0.0625. The highest BCUT2D eigenvalue weighted by Gasteiger charge is 2.22. The molecule has 3 rings (SSSR count). The quantitative estimate of drug-likeness (QED) is 0.518. The molecule has 0 atom stereocenters. The molecule has 0 radical (unpaired) electrons. The Morgan fingerprint density at radius 2 is 1.92 bits per heavy atom. The molecule has 3 aromatic rings. The van der Waals surface area contributed by atoms with Crippen molar-refractivity contribution in [2.45, 2.75) is 4.90 Å². The molecule has 2 aromatic carbocycles. The summed E-state index contributed by atoms with van der Waals surface area (Å²) in [6.07, 6.45) is 1.37. The molecule has 0 saturated carbocycles. The molecule has 9 nitrogen and oxygen atoms in total. The number of hydrogen-bond acceptors (Lipinski definition) is 7. The molecule has 0 amide bonds. The third kappa shape index (κ3) is 3.49. The van der Waals surface area contributed by atoms with E-state index in [1.54, 1.807) is 24.3 Å². The van der Waals surface area contributed by atoms with Crippen LogP contribution in [0.25, 0.3) is 11.1 Å². The van der Waals surface area contributed by atoms with Crippen molar-refractivity contribution >= 4 is 21.6 Å². The summed E-state index contributed by atoms with van der Waals surface area (Å²) >= 11 is 0. The summed E-state index contributed by atoms with van der Waals surface area (Å²) in [4.78, 5) is 9.91. The number of hydrogen-bond donors (Lipinski definition) is 1. The minimum Gasteiger partial charge on any atom is -0.497 e. The second-order valence-electron chi connectivity index (χ2n) is 5.16. The molecule has 0 unspecified atom stereocenters. The highest BCUT2D eigenvalue weighted by molar-refractivity contribution is 7.92. The average molecular weight is 375 g/mol. The minimum absolute atomic E-state index is 0.0957. The summed E-state index contributed by atoms with van der Waals surface area (Å²) in [6.45, 7) is 0. The van der Waals surface area contributed by atoms with Gasteiger partial charge in [-0.1, -0.05) is 23.4 Å². The Morgan fingerprint density at radius 1 is 1.19 bits per heavy atom. The molecule has 134 valence electrons. The van der Waals surface area contributed by atoms with Gasteiger partial charge in [-0.15, -0.1) is 0 Å². The molecule has 0 aliphatic rings. The number of anilines is 1. The average Bonchev–Trinajstić information content (AvgIpc) is 3.09. The summed E-state index contributed by atoms with van der Waals surface area (Å²) in [6, 6.07) is 11.6. The molecule has 1 N–H and O–H groups in total. The molecule has 26 heavy (non-hydrogen) atoms. The lowest BCUT2D eigenvalue weighted by atomic mass is 10.1. The first-order valence-electron chi connectivity index (χ1n) is 7.27. The van der Waals surface area contributed by atoms with Gasteiger partial charge in [-0.25, -0.2) is 13.1 Å². The van der Waals surface area contributed by atoms with Crippen molar-refractivity contribution < 1.29 is 22.6 Å². The van der Waals surface area contributed by atoms with Crippen LogP contribution in [0.15, 0.2) is 64.1 Å². The SMILES string of the molecule is COc1ccc(-c2cnoc2NS(=O)(=O)c2cccc([N+](=O)[O-])c2)cc1. The number of sulfonamides is 1. The van der Waals surface area contributed by atoms with Crippen LogP contribution < -0.4 is 9.46 Å². The normalized spacial score (nSPS) is 11.1. The second-order valence-corrected chi connectivity index (χ2v) is 6.84. The van der Waals surface area contributed by atoms with Gasteiger partial charge in [0.05, 0.1) is 28.7 Å². The van der Waals surface area contributed by atoms with E-state index in [4.69, 9.17) is 9.26 Å². The highest BCUT2D eigenvalue weighted by Crippen LogP contribution is 2.31. The predicted molar refractivity (Wildman–Crippen MR) is 92.4 cm³/mol. The van der Waals surface area contributed by atoms with Crippen LogP contribution in [0.3, 0.4) is 0 Å². The Labute approximate surface area is 148 Å². The van der Waals surface area contributed by atoms with E-state index >= 15 is 0 Å². The first-order chi connectivity index (χ1) is 12.4. The van der Waals surface area contributed by atoms with Gasteiger partial charge in [0, 0.05) is 12.1 Å². The molecule has 0 aliphatic carbocycles. The van der Waals surface area contributed by atoms with E-state index in [1.807, 2.05) is 0 Å². The van der Waals surface area contributed by atoms with Gasteiger partial charge in [0.2, 0.25) is 5.88 Å². The van der Waals surface area contributed by atoms with Gasteiger partial charge in [-0.3, -0.25) is 10.1 Å². The Hall–Kier alpha value is -3.40. The molecule has 1 heterocycles. The van der Waals surface area contributed by atoms with Gasteiger partial charge in [0.15, 0.2) is 0 Å². The molecular weight excluding hydrogens is 362 g/mol. The number of rotatable bonds is 6. The lowest BCUT2D eigenvalue weighted by Crippen LogP contribution is -2.13. The molecule has 1 aromatic heterocycles. The summed E-state index contributed by atoms with van der Waals surface area (Å²) in [5.41, 5.74) is 0.742. The van der Waals surface area contributed by atoms with Crippen LogP contribution in [0.1, 0.15) is 0 Å². The molecule has 0 fully saturated rings. The number of nitro groups is 1.